The summed E-state index contributed by atoms with van der Waals surface area (Å²) in [5.41, 5.74) is 1.98. The molecule has 1 atom stereocenters. The van der Waals surface area contributed by atoms with E-state index in [1.54, 1.807) is 7.11 Å². The van der Waals surface area contributed by atoms with Crippen molar-refractivity contribution < 1.29 is 9.47 Å². The fraction of sp³-hybridized carbons (Fsp3) is 0.800. The predicted octanol–water partition coefficient (Wildman–Crippen LogP) is 2.44. The van der Waals surface area contributed by atoms with Crippen LogP contribution in [-0.4, -0.2) is 49.3 Å². The van der Waals surface area contributed by atoms with E-state index in [0.29, 0.717) is 19.8 Å². The smallest absolute Gasteiger partial charge is 0.0847 e. The lowest BCUT2D eigenvalue weighted by molar-refractivity contribution is 0.0584. The Labute approximate surface area is 132 Å². The summed E-state index contributed by atoms with van der Waals surface area (Å²) in [7, 11) is 1.68. The lowest BCUT2D eigenvalue weighted by atomic mass is 10.1. The molecule has 1 aromatic heterocycles. The highest BCUT2D eigenvalue weighted by molar-refractivity contribution is 6.31. The Bertz CT molecular complexity index is 410. The molecule has 0 aromatic carbocycles. The minimum Gasteiger partial charge on any atom is -0.382 e. The largest absolute Gasteiger partial charge is 0.382 e. The van der Waals surface area contributed by atoms with E-state index in [-0.39, 0.29) is 6.04 Å². The maximum Gasteiger partial charge on any atom is 0.0847 e. The Kier molecular flexibility index (Phi) is 8.92. The second-order valence-corrected chi connectivity index (χ2v) is 5.46. The van der Waals surface area contributed by atoms with Gasteiger partial charge in [-0.1, -0.05) is 18.5 Å². The van der Waals surface area contributed by atoms with Crippen molar-refractivity contribution in [1.82, 2.24) is 15.1 Å². The molecule has 1 unspecified atom stereocenters. The number of hydrogen-bond acceptors (Lipinski definition) is 4. The van der Waals surface area contributed by atoms with E-state index in [1.807, 2.05) is 11.6 Å². The normalized spacial score (nSPS) is 12.8. The van der Waals surface area contributed by atoms with Crippen LogP contribution in [-0.2, 0) is 22.4 Å². The van der Waals surface area contributed by atoms with Crippen LogP contribution in [0.5, 0.6) is 0 Å². The van der Waals surface area contributed by atoms with Gasteiger partial charge in [-0.3, -0.25) is 4.68 Å². The summed E-state index contributed by atoms with van der Waals surface area (Å²) in [5.74, 6) is 0. The highest BCUT2D eigenvalue weighted by Crippen LogP contribution is 2.21. The molecule has 0 saturated heterocycles. The molecule has 0 aliphatic carbocycles. The second-order valence-electron chi connectivity index (χ2n) is 5.08. The number of halogens is 1. The van der Waals surface area contributed by atoms with E-state index < -0.39 is 0 Å². The number of aromatic nitrogens is 2. The Morgan fingerprint density at radius 1 is 1.33 bits per heavy atom. The molecule has 0 saturated carbocycles. The number of methoxy groups -OCH3 is 1. The highest BCUT2D eigenvalue weighted by Gasteiger charge is 2.17. The molecule has 1 rings (SSSR count). The molecule has 5 nitrogen and oxygen atoms in total. The van der Waals surface area contributed by atoms with Gasteiger partial charge in [0.25, 0.3) is 0 Å². The molecule has 122 valence electrons. The fourth-order valence-electron chi connectivity index (χ4n) is 2.20. The van der Waals surface area contributed by atoms with Crippen molar-refractivity contribution in [2.24, 2.45) is 0 Å². The van der Waals surface area contributed by atoms with Crippen LogP contribution in [0.1, 0.15) is 31.7 Å². The van der Waals surface area contributed by atoms with Crippen LogP contribution in [0.25, 0.3) is 0 Å². The topological polar surface area (TPSA) is 48.3 Å². The average Bonchev–Trinajstić information content (AvgIpc) is 2.76. The van der Waals surface area contributed by atoms with Gasteiger partial charge >= 0.3 is 0 Å². The summed E-state index contributed by atoms with van der Waals surface area (Å²) in [5, 5.41) is 8.76. The molecule has 0 amide bonds. The van der Waals surface area contributed by atoms with Crippen LogP contribution in [0.4, 0.5) is 0 Å². The van der Waals surface area contributed by atoms with Crippen LogP contribution in [0, 0.1) is 6.92 Å². The van der Waals surface area contributed by atoms with Crippen molar-refractivity contribution in [2.75, 3.05) is 33.5 Å². The first kappa shape index (κ1) is 18.4. The third-order valence-electron chi connectivity index (χ3n) is 3.33. The number of aryl methyl sites for hydroxylation is 2. The number of nitrogens with zero attached hydrogens (tertiary/aromatic N) is 2. The second kappa shape index (κ2) is 10.2. The van der Waals surface area contributed by atoms with Gasteiger partial charge in [0.1, 0.15) is 0 Å². The van der Waals surface area contributed by atoms with Crippen molar-refractivity contribution in [3.63, 3.8) is 0 Å². The fourth-order valence-corrected chi connectivity index (χ4v) is 2.42. The number of ether oxygens (including phenoxy) is 2. The van der Waals surface area contributed by atoms with Crippen molar-refractivity contribution in [2.45, 2.75) is 46.2 Å². The third kappa shape index (κ3) is 5.94. The van der Waals surface area contributed by atoms with Gasteiger partial charge in [0.05, 0.1) is 36.2 Å². The van der Waals surface area contributed by atoms with Gasteiger partial charge in [-0.25, -0.2) is 0 Å². The number of rotatable bonds is 11. The van der Waals surface area contributed by atoms with Crippen molar-refractivity contribution >= 4 is 11.6 Å². The average molecular weight is 318 g/mol. The van der Waals surface area contributed by atoms with E-state index in [4.69, 9.17) is 21.1 Å². The van der Waals surface area contributed by atoms with Gasteiger partial charge < -0.3 is 14.8 Å². The Balaban J connectivity index is 2.66. The first-order valence-corrected chi connectivity index (χ1v) is 8.03. The quantitative estimate of drug-likeness (QED) is 0.637. The van der Waals surface area contributed by atoms with Gasteiger partial charge in [0.15, 0.2) is 0 Å². The lowest BCUT2D eigenvalue weighted by Gasteiger charge is -2.19. The third-order valence-corrected chi connectivity index (χ3v) is 3.82. The standard InChI is InChI=1S/C15H28ClN3O2/c1-5-7-17-13(11-21-9-8-20-4)10-14-15(16)12(3)18-19(14)6-2/h13,17H,5-11H2,1-4H3. The van der Waals surface area contributed by atoms with Crippen LogP contribution in [0.15, 0.2) is 0 Å². The number of nitrogens with one attached hydrogen (secondary N) is 1. The predicted molar refractivity (Wildman–Crippen MR) is 86.1 cm³/mol. The molecule has 0 aliphatic heterocycles. The highest BCUT2D eigenvalue weighted by atomic mass is 35.5. The summed E-state index contributed by atoms with van der Waals surface area (Å²) in [6.45, 7) is 9.85. The van der Waals surface area contributed by atoms with Crippen LogP contribution in [0.2, 0.25) is 5.02 Å². The minimum atomic E-state index is 0.237. The molecule has 6 heteroatoms. The maximum absolute atomic E-state index is 6.38. The van der Waals surface area contributed by atoms with E-state index in [0.717, 1.165) is 42.3 Å². The summed E-state index contributed by atoms with van der Waals surface area (Å²) < 4.78 is 12.6. The molecule has 0 spiro atoms. The molecule has 0 aliphatic rings. The minimum absolute atomic E-state index is 0.237. The van der Waals surface area contributed by atoms with Crippen LogP contribution in [0.3, 0.4) is 0 Å². The van der Waals surface area contributed by atoms with Gasteiger partial charge in [-0.05, 0) is 26.8 Å². The molecule has 21 heavy (non-hydrogen) atoms. The molecule has 0 bridgehead atoms. The van der Waals surface area contributed by atoms with Crippen LogP contribution < -0.4 is 5.32 Å². The van der Waals surface area contributed by atoms with Crippen molar-refractivity contribution in [1.29, 1.82) is 0 Å². The Morgan fingerprint density at radius 3 is 2.71 bits per heavy atom. The molecule has 1 N–H and O–H groups in total. The van der Waals surface area contributed by atoms with E-state index >= 15 is 0 Å². The zero-order valence-electron chi connectivity index (χ0n) is 13.6. The molecule has 1 heterocycles. The van der Waals surface area contributed by atoms with Gasteiger partial charge in [-0.2, -0.15) is 5.10 Å². The summed E-state index contributed by atoms with van der Waals surface area (Å²) in [6.07, 6.45) is 1.91. The first-order chi connectivity index (χ1) is 10.1. The van der Waals surface area contributed by atoms with Gasteiger partial charge in [-0.15, -0.1) is 0 Å². The number of hydrogen-bond donors (Lipinski definition) is 1. The summed E-state index contributed by atoms with van der Waals surface area (Å²) in [6, 6.07) is 0.237. The van der Waals surface area contributed by atoms with E-state index in [2.05, 4.69) is 24.3 Å². The molecule has 1 aromatic rings. The lowest BCUT2D eigenvalue weighted by Crippen LogP contribution is -2.37. The maximum atomic E-state index is 6.38. The monoisotopic (exact) mass is 317 g/mol. The molecule has 0 radical (unpaired) electrons. The first-order valence-electron chi connectivity index (χ1n) is 7.65. The summed E-state index contributed by atoms with van der Waals surface area (Å²) >= 11 is 6.38. The van der Waals surface area contributed by atoms with Crippen molar-refractivity contribution in [3.8, 4) is 0 Å². The molecular weight excluding hydrogens is 290 g/mol. The van der Waals surface area contributed by atoms with Gasteiger partial charge in [0, 0.05) is 26.1 Å². The Morgan fingerprint density at radius 2 is 2.10 bits per heavy atom. The van der Waals surface area contributed by atoms with Crippen molar-refractivity contribution in [3.05, 3.63) is 16.4 Å². The zero-order chi connectivity index (χ0) is 15.7. The SMILES string of the molecule is CCCNC(COCCOC)Cc1c(Cl)c(C)nn1CC. The summed E-state index contributed by atoms with van der Waals surface area (Å²) in [4.78, 5) is 0. The van der Waals surface area contributed by atoms with Gasteiger partial charge in [0.2, 0.25) is 0 Å². The zero-order valence-corrected chi connectivity index (χ0v) is 14.4. The Hall–Kier alpha value is -0.620. The van der Waals surface area contributed by atoms with E-state index in [1.165, 1.54) is 0 Å². The molecular formula is C15H28ClN3O2. The molecule has 0 fully saturated rings. The van der Waals surface area contributed by atoms with E-state index in [9.17, 15) is 0 Å². The van der Waals surface area contributed by atoms with Crippen LogP contribution >= 0.6 is 11.6 Å².